The molecule has 0 aliphatic carbocycles. The van der Waals surface area contributed by atoms with Gasteiger partial charge in [0.15, 0.2) is 17.5 Å². The second-order valence-electron chi connectivity index (χ2n) is 9.02. The third kappa shape index (κ3) is 5.54. The van der Waals surface area contributed by atoms with Crippen molar-refractivity contribution in [3.05, 3.63) is 59.2 Å². The molecule has 12 heteroatoms. The van der Waals surface area contributed by atoms with Crippen LogP contribution in [0.5, 0.6) is 6.01 Å². The van der Waals surface area contributed by atoms with E-state index in [4.69, 9.17) is 9.47 Å². The maximum atomic E-state index is 14.3. The number of likely N-dealkylation sites (N-methyl/N-ethyl adjacent to an activating group) is 1. The number of H-pyrrole nitrogens is 1. The molecule has 1 aliphatic heterocycles. The number of ether oxygens (including phenoxy) is 2. The van der Waals surface area contributed by atoms with Crippen LogP contribution in [0.4, 0.5) is 20.8 Å². The van der Waals surface area contributed by atoms with E-state index in [1.54, 1.807) is 11.8 Å². The van der Waals surface area contributed by atoms with Gasteiger partial charge in [-0.1, -0.05) is 30.3 Å². The van der Waals surface area contributed by atoms with Crippen molar-refractivity contribution in [2.45, 2.75) is 39.0 Å². The Balaban J connectivity index is 0.00000361. The zero-order valence-electron chi connectivity index (χ0n) is 21.0. The third-order valence-corrected chi connectivity index (χ3v) is 5.87. The third-order valence-electron chi connectivity index (χ3n) is 5.87. The number of aromatic amines is 1. The van der Waals surface area contributed by atoms with E-state index in [1.807, 2.05) is 63.2 Å². The van der Waals surface area contributed by atoms with Gasteiger partial charge in [0.25, 0.3) is 0 Å². The van der Waals surface area contributed by atoms with Crippen LogP contribution in [0.3, 0.4) is 0 Å². The zero-order valence-corrected chi connectivity index (χ0v) is 22.0. The summed E-state index contributed by atoms with van der Waals surface area (Å²) in [6.45, 7) is 6.73. The van der Waals surface area contributed by atoms with E-state index in [-0.39, 0.29) is 31.9 Å². The minimum atomic E-state index is -0.723. The number of carbonyl (C=O) groups is 1. The summed E-state index contributed by atoms with van der Waals surface area (Å²) in [6.07, 6.45) is 0.152. The Morgan fingerprint density at radius 1 is 1.28 bits per heavy atom. The zero-order chi connectivity index (χ0) is 25.2. The molecule has 194 valence electrons. The Morgan fingerprint density at radius 2 is 2.00 bits per heavy atom. The van der Waals surface area contributed by atoms with Crippen molar-refractivity contribution in [3.8, 4) is 6.01 Å². The van der Waals surface area contributed by atoms with Gasteiger partial charge in [-0.15, -0.1) is 0 Å². The molecule has 3 heterocycles. The summed E-state index contributed by atoms with van der Waals surface area (Å²) in [5.74, 6) is -0.337. The number of hydrogen-bond acceptors (Lipinski definition) is 8. The van der Waals surface area contributed by atoms with Gasteiger partial charge < -0.3 is 19.7 Å². The van der Waals surface area contributed by atoms with Crippen molar-refractivity contribution in [1.29, 1.82) is 0 Å². The maximum absolute atomic E-state index is 14.3. The largest absolute Gasteiger partial charge is 0.464 e. The van der Waals surface area contributed by atoms with Gasteiger partial charge in [-0.25, -0.2) is 14.2 Å². The van der Waals surface area contributed by atoms with Crippen LogP contribution < -0.4 is 10.1 Å². The van der Waals surface area contributed by atoms with Crippen molar-refractivity contribution < 1.29 is 18.7 Å². The van der Waals surface area contributed by atoms with Crippen molar-refractivity contribution in [1.82, 2.24) is 30.0 Å². The first kappa shape index (κ1) is 27.2. The highest BCUT2D eigenvalue weighted by molar-refractivity contribution is 7.59. The molecule has 3 aromatic rings. The number of benzene rings is 1. The van der Waals surface area contributed by atoms with Crippen LogP contribution in [-0.2, 0) is 16.8 Å². The van der Waals surface area contributed by atoms with Crippen LogP contribution in [0.25, 0.3) is 0 Å². The Kier molecular flexibility index (Phi) is 8.41. The fourth-order valence-electron chi connectivity index (χ4n) is 4.06. The molecule has 0 radical (unpaired) electrons. The molecule has 0 bridgehead atoms. The number of carbonyl (C=O) groups excluding carboxylic acids is 1. The fourth-order valence-corrected chi connectivity index (χ4v) is 4.06. The number of amides is 1. The molecule has 0 saturated carbocycles. The molecule has 1 aromatic carbocycles. The van der Waals surface area contributed by atoms with E-state index in [9.17, 15) is 9.18 Å². The van der Waals surface area contributed by atoms with Crippen LogP contribution in [0.15, 0.2) is 36.5 Å². The number of nitrogens with one attached hydrogen (secondary N) is 2. The van der Waals surface area contributed by atoms with E-state index >= 15 is 0 Å². The summed E-state index contributed by atoms with van der Waals surface area (Å²) >= 11 is 0. The molecule has 0 unspecified atom stereocenters. The topological polar surface area (TPSA) is 108 Å². The smallest absolute Gasteiger partial charge is 0.411 e. The molecule has 0 fully saturated rings. The van der Waals surface area contributed by atoms with Gasteiger partial charge in [0.1, 0.15) is 6.10 Å². The number of anilines is 2. The molecule has 4 rings (SSSR count). The van der Waals surface area contributed by atoms with Gasteiger partial charge in [-0.2, -0.15) is 23.6 Å². The lowest BCUT2D eigenvalue weighted by Gasteiger charge is -2.33. The van der Waals surface area contributed by atoms with E-state index < -0.39 is 23.6 Å². The summed E-state index contributed by atoms with van der Waals surface area (Å²) in [4.78, 5) is 24.9. The second-order valence-corrected chi connectivity index (χ2v) is 9.02. The van der Waals surface area contributed by atoms with Crippen molar-refractivity contribution in [2.75, 3.05) is 32.6 Å². The monoisotopic (exact) mass is 517 g/mol. The van der Waals surface area contributed by atoms with Crippen LogP contribution >= 0.6 is 13.5 Å². The first-order valence-corrected chi connectivity index (χ1v) is 11.4. The van der Waals surface area contributed by atoms with Gasteiger partial charge in [-0.3, -0.25) is 10.00 Å². The first-order valence-electron chi connectivity index (χ1n) is 11.4. The summed E-state index contributed by atoms with van der Waals surface area (Å²) in [6, 6.07) is 9.71. The van der Waals surface area contributed by atoms with Gasteiger partial charge >= 0.3 is 12.1 Å². The number of halogens is 1. The average Bonchev–Trinajstić information content (AvgIpc) is 3.34. The minimum absolute atomic E-state index is 0. The molecule has 0 saturated heterocycles. The van der Waals surface area contributed by atoms with Crippen molar-refractivity contribution >= 4 is 31.2 Å². The lowest BCUT2D eigenvalue weighted by molar-refractivity contribution is 0.0259. The predicted molar refractivity (Wildman–Crippen MR) is 138 cm³/mol. The first-order chi connectivity index (χ1) is 16.7. The lowest BCUT2D eigenvalue weighted by Crippen LogP contribution is -2.42. The van der Waals surface area contributed by atoms with Gasteiger partial charge in [0.2, 0.25) is 0 Å². The van der Waals surface area contributed by atoms with Gasteiger partial charge in [0, 0.05) is 12.1 Å². The average molecular weight is 518 g/mol. The number of rotatable bonds is 8. The highest BCUT2D eigenvalue weighted by Gasteiger charge is 2.45. The molecule has 1 aliphatic rings. The number of fused-ring (bicyclic) bond motifs is 1. The molecule has 10 nitrogen and oxygen atoms in total. The highest BCUT2D eigenvalue weighted by Crippen LogP contribution is 2.42. The molecule has 1 atom stereocenters. The van der Waals surface area contributed by atoms with E-state index in [0.717, 1.165) is 23.0 Å². The summed E-state index contributed by atoms with van der Waals surface area (Å²) in [5, 5.41) is 10.2. The summed E-state index contributed by atoms with van der Waals surface area (Å²) < 4.78 is 25.6. The van der Waals surface area contributed by atoms with Crippen LogP contribution in [-0.4, -0.2) is 63.3 Å². The Hall–Kier alpha value is -3.38. The molecule has 0 spiro atoms. The predicted octanol–water partition coefficient (Wildman–Crippen LogP) is 4.08. The van der Waals surface area contributed by atoms with Crippen molar-refractivity contribution in [2.24, 2.45) is 0 Å². The molecular weight excluding hydrogens is 485 g/mol. The van der Waals surface area contributed by atoms with E-state index in [1.165, 1.54) is 0 Å². The molecular formula is C24H32FN7O3S. The van der Waals surface area contributed by atoms with Crippen LogP contribution in [0, 0.1) is 5.82 Å². The Labute approximate surface area is 216 Å². The number of aromatic nitrogens is 4. The SMILES string of the molecule is CCOc1ncc(F)c(Nc2n[nH]c3c2CN(C(=O)O[C@H](CN(C)C)c2ccccc2)C3(C)C)n1.S. The summed E-state index contributed by atoms with van der Waals surface area (Å²) in [7, 11) is 3.86. The molecule has 2 aromatic heterocycles. The summed E-state index contributed by atoms with van der Waals surface area (Å²) in [5.41, 5.74) is 1.66. The number of hydrogen-bond donors (Lipinski definition) is 2. The molecule has 36 heavy (non-hydrogen) atoms. The fraction of sp³-hybridized carbons (Fsp3) is 0.417. The number of nitrogens with zero attached hydrogens (tertiary/aromatic N) is 5. The standard InChI is InChI=1S/C24H30FN7O3.H2S/c1-6-34-22-26-12-17(25)21(28-22)27-20-16-13-32(24(2,3)19(16)29-30-20)23(33)35-18(14-31(4)5)15-10-8-7-9-11-15;/h7-12,18H,6,13-14H2,1-5H3,(H2,26,27,28,29,30);1H2/t18-;/m1./s1. The highest BCUT2D eigenvalue weighted by atomic mass is 32.1. The maximum Gasteiger partial charge on any atom is 0.411 e. The van der Waals surface area contributed by atoms with Gasteiger partial charge in [-0.05, 0) is 40.4 Å². The Morgan fingerprint density at radius 3 is 2.67 bits per heavy atom. The van der Waals surface area contributed by atoms with Crippen LogP contribution in [0.1, 0.15) is 43.7 Å². The molecule has 1 amide bonds. The van der Waals surface area contributed by atoms with E-state index in [2.05, 4.69) is 25.5 Å². The van der Waals surface area contributed by atoms with E-state index in [0.29, 0.717) is 19.0 Å². The van der Waals surface area contributed by atoms with Gasteiger partial charge in [0.05, 0.1) is 30.6 Å². The lowest BCUT2D eigenvalue weighted by atomic mass is 10.0. The second kappa shape index (κ2) is 11.1. The quantitative estimate of drug-likeness (QED) is 0.460. The van der Waals surface area contributed by atoms with Crippen molar-refractivity contribution in [3.63, 3.8) is 0 Å². The van der Waals surface area contributed by atoms with Crippen LogP contribution in [0.2, 0.25) is 0 Å². The normalized spacial score (nSPS) is 14.7. The minimum Gasteiger partial charge on any atom is -0.464 e. The Bertz CT molecular complexity index is 1190. The molecule has 2 N–H and O–H groups in total.